The van der Waals surface area contributed by atoms with E-state index in [0.717, 1.165) is 19.3 Å². The standard InChI is InChI=1S/C18H15S.C15H18F6O5S/c1-4-10-16(11-5-1)19(17-12-6-2-7-13-17)18-14-8-3-9-15-18;16-14(17,18)13(15(19,20)21,7-27(23,24)25)26-11(22)12-4-8-1-9(5-12)3-10(2-8)6-12/h1-15H;8-10H,1-7H2,(H,23,24,25)/q+1;/p-1. The zero-order chi connectivity index (χ0) is 33.4. The van der Waals surface area contributed by atoms with Gasteiger partial charge in [-0.25, -0.2) is 8.42 Å². The van der Waals surface area contributed by atoms with Crippen molar-refractivity contribution in [3.63, 3.8) is 0 Å². The molecule has 0 aliphatic heterocycles. The van der Waals surface area contributed by atoms with E-state index >= 15 is 0 Å². The van der Waals surface area contributed by atoms with Crippen molar-refractivity contribution >= 4 is 27.0 Å². The van der Waals surface area contributed by atoms with E-state index in [-0.39, 0.29) is 47.9 Å². The molecule has 4 aliphatic carbocycles. The first-order chi connectivity index (χ1) is 21.5. The topological polar surface area (TPSA) is 83.5 Å². The molecule has 7 rings (SSSR count). The molecule has 5 nitrogen and oxygen atoms in total. The Balaban J connectivity index is 0.000000192. The Morgan fingerprint density at radius 2 is 1.02 bits per heavy atom. The minimum atomic E-state index is -6.32. The van der Waals surface area contributed by atoms with Gasteiger partial charge in [-0.05, 0) is 92.7 Å². The third kappa shape index (κ3) is 7.26. The number of halogens is 6. The Morgan fingerprint density at radius 1 is 0.696 bits per heavy atom. The van der Waals surface area contributed by atoms with Gasteiger partial charge >= 0.3 is 23.9 Å². The Labute approximate surface area is 266 Å². The van der Waals surface area contributed by atoms with Gasteiger partial charge in [0.25, 0.3) is 0 Å². The lowest BCUT2D eigenvalue weighted by molar-refractivity contribution is -0.364. The monoisotopic (exact) mass is 686 g/mol. The first kappa shape index (κ1) is 34.3. The van der Waals surface area contributed by atoms with E-state index in [1.165, 1.54) is 14.7 Å². The van der Waals surface area contributed by atoms with Crippen molar-refractivity contribution in [1.29, 1.82) is 0 Å². The summed E-state index contributed by atoms with van der Waals surface area (Å²) in [6, 6.07) is 32.2. The van der Waals surface area contributed by atoms with E-state index in [0.29, 0.717) is 0 Å². The van der Waals surface area contributed by atoms with Crippen molar-refractivity contribution in [2.24, 2.45) is 23.2 Å². The number of rotatable bonds is 7. The molecule has 4 aliphatic rings. The molecular formula is C33H32F6O5S2. The molecule has 0 heterocycles. The van der Waals surface area contributed by atoms with Gasteiger partial charge in [-0.2, -0.15) is 26.3 Å². The van der Waals surface area contributed by atoms with Crippen LogP contribution in [0.15, 0.2) is 106 Å². The van der Waals surface area contributed by atoms with Crippen LogP contribution in [0.5, 0.6) is 0 Å². The minimum absolute atomic E-state index is 0.0146. The summed E-state index contributed by atoms with van der Waals surface area (Å²) in [5, 5.41) is 0. The zero-order valence-electron chi connectivity index (χ0n) is 24.5. The van der Waals surface area contributed by atoms with Crippen LogP contribution in [-0.4, -0.2) is 42.6 Å². The summed E-state index contributed by atoms with van der Waals surface area (Å²) in [6.45, 7) is 0. The van der Waals surface area contributed by atoms with Crippen molar-refractivity contribution in [3.05, 3.63) is 91.0 Å². The number of hydrogen-bond acceptors (Lipinski definition) is 5. The Kier molecular flexibility index (Phi) is 9.60. The predicted molar refractivity (Wildman–Crippen MR) is 158 cm³/mol. The van der Waals surface area contributed by atoms with Gasteiger partial charge in [0.2, 0.25) is 0 Å². The molecule has 0 radical (unpaired) electrons. The van der Waals surface area contributed by atoms with Gasteiger partial charge in [0.05, 0.1) is 32.2 Å². The van der Waals surface area contributed by atoms with Gasteiger partial charge in [-0.15, -0.1) is 0 Å². The molecule has 3 aromatic rings. The molecule has 248 valence electrons. The number of benzene rings is 3. The highest BCUT2D eigenvalue weighted by atomic mass is 32.2. The maximum absolute atomic E-state index is 13.3. The molecule has 0 unspecified atom stereocenters. The van der Waals surface area contributed by atoms with Crippen LogP contribution in [0.2, 0.25) is 0 Å². The molecule has 0 saturated heterocycles. The van der Waals surface area contributed by atoms with Crippen LogP contribution in [-0.2, 0) is 30.5 Å². The normalized spacial score (nSPS) is 24.3. The van der Waals surface area contributed by atoms with Crippen molar-refractivity contribution in [3.8, 4) is 0 Å². The van der Waals surface area contributed by atoms with Crippen LogP contribution in [0.4, 0.5) is 26.3 Å². The molecule has 4 bridgehead atoms. The first-order valence-corrected chi connectivity index (χ1v) is 17.5. The molecule has 0 aromatic heterocycles. The average molecular weight is 687 g/mol. The van der Waals surface area contributed by atoms with Crippen molar-refractivity contribution in [1.82, 2.24) is 0 Å². The maximum atomic E-state index is 13.3. The fourth-order valence-electron chi connectivity index (χ4n) is 7.42. The lowest BCUT2D eigenvalue weighted by Gasteiger charge is -2.55. The number of hydrogen-bond donors (Lipinski definition) is 0. The number of esters is 1. The van der Waals surface area contributed by atoms with E-state index in [2.05, 4.69) is 95.7 Å². The van der Waals surface area contributed by atoms with E-state index in [9.17, 15) is 44.1 Å². The van der Waals surface area contributed by atoms with Crippen LogP contribution >= 0.6 is 0 Å². The van der Waals surface area contributed by atoms with Crippen molar-refractivity contribution in [2.45, 2.75) is 71.2 Å². The number of carbonyl (C=O) groups is 1. The maximum Gasteiger partial charge on any atom is 0.438 e. The van der Waals surface area contributed by atoms with Gasteiger partial charge in [-0.3, -0.25) is 4.79 Å². The van der Waals surface area contributed by atoms with E-state index in [1.54, 1.807) is 0 Å². The second-order valence-electron chi connectivity index (χ2n) is 12.4. The molecule has 0 amide bonds. The summed E-state index contributed by atoms with van der Waals surface area (Å²) in [4.78, 5) is 16.7. The highest BCUT2D eigenvalue weighted by molar-refractivity contribution is 7.97. The summed E-state index contributed by atoms with van der Waals surface area (Å²) in [5.74, 6) is -4.57. The number of alkyl halides is 6. The Bertz CT molecular complexity index is 1450. The summed E-state index contributed by atoms with van der Waals surface area (Å²) < 4.78 is 116. The lowest BCUT2D eigenvalue weighted by Crippen LogP contribution is -2.65. The van der Waals surface area contributed by atoms with Crippen LogP contribution in [0.1, 0.15) is 38.5 Å². The third-order valence-electron chi connectivity index (χ3n) is 8.97. The second-order valence-corrected chi connectivity index (χ2v) is 15.8. The minimum Gasteiger partial charge on any atom is -0.748 e. The molecule has 0 atom stereocenters. The van der Waals surface area contributed by atoms with E-state index < -0.39 is 45.2 Å². The fraction of sp³-hybridized carbons (Fsp3) is 0.424. The first-order valence-electron chi connectivity index (χ1n) is 14.7. The molecular weight excluding hydrogens is 654 g/mol. The summed E-state index contributed by atoms with van der Waals surface area (Å²) in [7, 11) is -6.03. The predicted octanol–water partition coefficient (Wildman–Crippen LogP) is 7.94. The largest absolute Gasteiger partial charge is 0.748 e. The van der Waals surface area contributed by atoms with E-state index in [1.807, 2.05) is 0 Å². The average Bonchev–Trinajstić information content (AvgIpc) is 2.96. The van der Waals surface area contributed by atoms with Gasteiger partial charge in [0.15, 0.2) is 14.7 Å². The van der Waals surface area contributed by atoms with Crippen LogP contribution in [0, 0.1) is 23.2 Å². The Hall–Kier alpha value is -3.03. The van der Waals surface area contributed by atoms with Gasteiger partial charge in [-0.1, -0.05) is 54.6 Å². The van der Waals surface area contributed by atoms with Crippen LogP contribution in [0.3, 0.4) is 0 Å². The molecule has 0 spiro atoms. The third-order valence-corrected chi connectivity index (χ3v) is 12.0. The number of ether oxygens (including phenoxy) is 1. The van der Waals surface area contributed by atoms with Gasteiger partial charge in [0, 0.05) is 0 Å². The SMILES string of the molecule is O=C(OC(CS(=O)(=O)[O-])(C(F)(F)F)C(F)(F)F)C12CC3CC(CC(C3)C1)C2.c1ccc([S+](c2ccccc2)c2ccccc2)cc1. The summed E-state index contributed by atoms with van der Waals surface area (Å²) in [6.07, 6.45) is -9.97. The molecule has 4 fully saturated rings. The molecule has 0 N–H and O–H groups in total. The van der Waals surface area contributed by atoms with Gasteiger partial charge < -0.3 is 9.29 Å². The molecule has 3 aromatic carbocycles. The van der Waals surface area contributed by atoms with Gasteiger partial charge in [0.1, 0.15) is 0 Å². The van der Waals surface area contributed by atoms with Crippen molar-refractivity contribution < 1.29 is 48.8 Å². The smallest absolute Gasteiger partial charge is 0.438 e. The zero-order valence-corrected chi connectivity index (χ0v) is 26.1. The summed E-state index contributed by atoms with van der Waals surface area (Å²) >= 11 is 0. The van der Waals surface area contributed by atoms with Crippen LogP contribution < -0.4 is 0 Å². The molecule has 13 heteroatoms. The lowest BCUT2D eigenvalue weighted by atomic mass is 9.49. The Morgan fingerprint density at radius 3 is 1.30 bits per heavy atom. The summed E-state index contributed by atoms with van der Waals surface area (Å²) in [5.41, 5.74) is -6.86. The quantitative estimate of drug-likeness (QED) is 0.109. The fourth-order valence-corrected chi connectivity index (χ4v) is 10.4. The van der Waals surface area contributed by atoms with Crippen LogP contribution in [0.25, 0.3) is 0 Å². The van der Waals surface area contributed by atoms with Crippen molar-refractivity contribution in [2.75, 3.05) is 5.75 Å². The second kappa shape index (κ2) is 12.9. The molecule has 4 saturated carbocycles. The molecule has 46 heavy (non-hydrogen) atoms. The van der Waals surface area contributed by atoms with E-state index in [4.69, 9.17) is 0 Å². The highest BCUT2D eigenvalue weighted by Crippen LogP contribution is 2.61. The highest BCUT2D eigenvalue weighted by Gasteiger charge is 2.76. The number of carbonyl (C=O) groups excluding carboxylic acids is 1.